The average molecular weight is 484 g/mol. The van der Waals surface area contributed by atoms with Crippen LogP contribution in [0, 0.1) is 5.82 Å². The molecule has 0 atom stereocenters. The number of benzene rings is 2. The zero-order valence-electron chi connectivity index (χ0n) is 17.1. The van der Waals surface area contributed by atoms with Crippen LogP contribution in [0.15, 0.2) is 88.7 Å². The lowest BCUT2D eigenvalue weighted by molar-refractivity contribution is 0.0951. The van der Waals surface area contributed by atoms with Crippen molar-refractivity contribution in [2.45, 2.75) is 10.8 Å². The van der Waals surface area contributed by atoms with Gasteiger partial charge in [0.15, 0.2) is 11.6 Å². The fourth-order valence-electron chi connectivity index (χ4n) is 2.90. The van der Waals surface area contributed by atoms with Crippen molar-refractivity contribution < 1.29 is 22.3 Å². The minimum absolute atomic E-state index is 0.0452. The molecule has 168 valence electrons. The lowest BCUT2D eigenvalue weighted by Crippen LogP contribution is -2.23. The van der Waals surface area contributed by atoms with Crippen molar-refractivity contribution in [1.82, 2.24) is 10.3 Å². The number of aromatic nitrogens is 1. The molecule has 33 heavy (non-hydrogen) atoms. The topological polar surface area (TPSA) is 97.4 Å². The van der Waals surface area contributed by atoms with E-state index in [-0.39, 0.29) is 27.8 Å². The second-order valence-corrected chi connectivity index (χ2v) is 9.71. The van der Waals surface area contributed by atoms with E-state index in [4.69, 9.17) is 4.74 Å². The number of amides is 1. The Hall–Kier alpha value is -3.76. The van der Waals surface area contributed by atoms with Crippen LogP contribution in [0.4, 0.5) is 10.1 Å². The van der Waals surface area contributed by atoms with Crippen LogP contribution in [0.1, 0.15) is 15.9 Å². The largest absolute Gasteiger partial charge is 0.453 e. The number of pyridine rings is 1. The Morgan fingerprint density at radius 3 is 2.67 bits per heavy atom. The van der Waals surface area contributed by atoms with Gasteiger partial charge in [0.25, 0.3) is 15.9 Å². The summed E-state index contributed by atoms with van der Waals surface area (Å²) in [6.45, 7) is 0.0775. The van der Waals surface area contributed by atoms with E-state index in [1.165, 1.54) is 30.5 Å². The summed E-state index contributed by atoms with van der Waals surface area (Å²) >= 11 is 1.10. The summed E-state index contributed by atoms with van der Waals surface area (Å²) in [6.07, 6.45) is 3.06. The first kappa shape index (κ1) is 22.4. The van der Waals surface area contributed by atoms with Crippen LogP contribution in [-0.2, 0) is 16.6 Å². The minimum Gasteiger partial charge on any atom is -0.453 e. The number of nitrogens with one attached hydrogen (secondary N) is 2. The molecular formula is C23H18FN3O4S2. The van der Waals surface area contributed by atoms with Gasteiger partial charge >= 0.3 is 0 Å². The fourth-order valence-corrected chi connectivity index (χ4v) is 4.94. The molecule has 10 heteroatoms. The number of sulfonamides is 1. The van der Waals surface area contributed by atoms with Gasteiger partial charge in [-0.15, -0.1) is 11.3 Å². The second-order valence-electron chi connectivity index (χ2n) is 6.86. The van der Waals surface area contributed by atoms with Crippen LogP contribution in [-0.4, -0.2) is 19.3 Å². The molecule has 0 saturated heterocycles. The number of rotatable bonds is 8. The van der Waals surface area contributed by atoms with Crippen molar-refractivity contribution in [2.24, 2.45) is 0 Å². The van der Waals surface area contributed by atoms with Crippen LogP contribution in [0.3, 0.4) is 0 Å². The Balaban J connectivity index is 1.39. The van der Waals surface area contributed by atoms with E-state index < -0.39 is 21.7 Å². The smallest absolute Gasteiger partial charge is 0.271 e. The molecule has 0 bridgehead atoms. The Morgan fingerprint density at radius 1 is 1.06 bits per heavy atom. The zero-order valence-corrected chi connectivity index (χ0v) is 18.7. The van der Waals surface area contributed by atoms with Gasteiger partial charge in [0.05, 0.1) is 6.20 Å². The number of nitrogens with zero attached hydrogens (tertiary/aromatic N) is 1. The predicted octanol–water partition coefficient (Wildman–Crippen LogP) is 4.81. The summed E-state index contributed by atoms with van der Waals surface area (Å²) in [5.74, 6) is -0.547. The third-order valence-corrected chi connectivity index (χ3v) is 7.23. The van der Waals surface area contributed by atoms with Crippen molar-refractivity contribution in [3.05, 3.63) is 101 Å². The van der Waals surface area contributed by atoms with E-state index in [2.05, 4.69) is 15.0 Å². The summed E-state index contributed by atoms with van der Waals surface area (Å²) in [4.78, 5) is 16.5. The fraction of sp³-hybridized carbons (Fsp3) is 0.0435. The number of carbonyl (C=O) groups excluding carboxylic acids is 1. The molecule has 4 rings (SSSR count). The number of hydrogen-bond donors (Lipinski definition) is 2. The lowest BCUT2D eigenvalue weighted by Gasteiger charge is -2.10. The van der Waals surface area contributed by atoms with Crippen LogP contribution >= 0.6 is 11.3 Å². The molecular weight excluding hydrogens is 465 g/mol. The molecule has 2 heterocycles. The predicted molar refractivity (Wildman–Crippen MR) is 123 cm³/mol. The van der Waals surface area contributed by atoms with Gasteiger partial charge in [0.2, 0.25) is 0 Å². The SMILES string of the molecule is O=C(NCc1ccc(Oc2cccnc2)c(F)c1)c1cccc(NS(=O)(=O)c2cccs2)c1. The standard InChI is InChI=1S/C23H18FN3O4S2/c24-20-12-16(8-9-21(20)31-19-6-2-10-25-15-19)14-26-23(28)17-4-1-5-18(13-17)27-33(29,30)22-7-3-11-32-22/h1-13,15,27H,14H2,(H,26,28). The van der Waals surface area contributed by atoms with E-state index in [1.807, 2.05) is 0 Å². The van der Waals surface area contributed by atoms with E-state index >= 15 is 0 Å². The number of carbonyl (C=O) groups is 1. The minimum atomic E-state index is -3.72. The van der Waals surface area contributed by atoms with E-state index in [1.54, 1.807) is 54.0 Å². The monoisotopic (exact) mass is 483 g/mol. The van der Waals surface area contributed by atoms with E-state index in [0.717, 1.165) is 11.3 Å². The Kier molecular flexibility index (Phi) is 6.66. The van der Waals surface area contributed by atoms with Crippen molar-refractivity contribution in [3.8, 4) is 11.5 Å². The summed E-state index contributed by atoms with van der Waals surface area (Å²) in [7, 11) is -3.72. The number of ether oxygens (including phenoxy) is 1. The molecule has 0 aliphatic rings. The number of anilines is 1. The van der Waals surface area contributed by atoms with E-state index in [9.17, 15) is 17.6 Å². The van der Waals surface area contributed by atoms with Gasteiger partial charge in [0, 0.05) is 24.0 Å². The summed E-state index contributed by atoms with van der Waals surface area (Å²) in [6, 6.07) is 17.0. The maximum Gasteiger partial charge on any atom is 0.271 e. The van der Waals surface area contributed by atoms with Crippen LogP contribution < -0.4 is 14.8 Å². The van der Waals surface area contributed by atoms with Crippen molar-refractivity contribution in [2.75, 3.05) is 4.72 Å². The number of hydrogen-bond acceptors (Lipinski definition) is 6. The van der Waals surface area contributed by atoms with Gasteiger partial charge in [0.1, 0.15) is 9.96 Å². The Bertz CT molecular complexity index is 1360. The van der Waals surface area contributed by atoms with Crippen LogP contribution in [0.2, 0.25) is 0 Å². The van der Waals surface area contributed by atoms with Gasteiger partial charge in [-0.25, -0.2) is 12.8 Å². The molecule has 0 fully saturated rings. The first-order chi connectivity index (χ1) is 15.9. The lowest BCUT2D eigenvalue weighted by atomic mass is 10.1. The molecule has 0 aliphatic carbocycles. The first-order valence-corrected chi connectivity index (χ1v) is 12.1. The Morgan fingerprint density at radius 2 is 1.94 bits per heavy atom. The third-order valence-electron chi connectivity index (χ3n) is 4.45. The molecule has 4 aromatic rings. The van der Waals surface area contributed by atoms with Crippen LogP contribution in [0.5, 0.6) is 11.5 Å². The molecule has 0 unspecified atom stereocenters. The quantitative estimate of drug-likeness (QED) is 0.375. The molecule has 0 radical (unpaired) electrons. The van der Waals surface area contributed by atoms with Gasteiger partial charge in [-0.3, -0.25) is 14.5 Å². The average Bonchev–Trinajstić information content (AvgIpc) is 3.36. The highest BCUT2D eigenvalue weighted by Gasteiger charge is 2.16. The van der Waals surface area contributed by atoms with Crippen molar-refractivity contribution >= 4 is 33.0 Å². The molecule has 2 aromatic carbocycles. The molecule has 2 aromatic heterocycles. The van der Waals surface area contributed by atoms with Gasteiger partial charge < -0.3 is 10.1 Å². The molecule has 2 N–H and O–H groups in total. The maximum absolute atomic E-state index is 14.4. The van der Waals surface area contributed by atoms with Gasteiger partial charge in [-0.1, -0.05) is 18.2 Å². The molecule has 1 amide bonds. The number of halogens is 1. The highest BCUT2D eigenvalue weighted by molar-refractivity contribution is 7.94. The van der Waals surface area contributed by atoms with E-state index in [0.29, 0.717) is 11.3 Å². The highest BCUT2D eigenvalue weighted by Crippen LogP contribution is 2.25. The Labute approximate surface area is 193 Å². The van der Waals surface area contributed by atoms with Gasteiger partial charge in [-0.05, 0) is 59.5 Å². The van der Waals surface area contributed by atoms with Crippen molar-refractivity contribution in [1.29, 1.82) is 0 Å². The number of thiophene rings is 1. The first-order valence-electron chi connectivity index (χ1n) is 9.72. The summed E-state index contributed by atoms with van der Waals surface area (Å²) in [5, 5.41) is 4.36. The van der Waals surface area contributed by atoms with Crippen LogP contribution in [0.25, 0.3) is 0 Å². The maximum atomic E-state index is 14.4. The molecule has 7 nitrogen and oxygen atoms in total. The van der Waals surface area contributed by atoms with Gasteiger partial charge in [-0.2, -0.15) is 0 Å². The highest BCUT2D eigenvalue weighted by atomic mass is 32.2. The molecule has 0 aliphatic heterocycles. The molecule has 0 saturated carbocycles. The van der Waals surface area contributed by atoms with Crippen molar-refractivity contribution in [3.63, 3.8) is 0 Å². The molecule has 0 spiro atoms. The second kappa shape index (κ2) is 9.80. The summed E-state index contributed by atoms with van der Waals surface area (Å²) < 4.78 is 47.2. The normalized spacial score (nSPS) is 11.1. The third kappa shape index (κ3) is 5.73. The summed E-state index contributed by atoms with van der Waals surface area (Å²) in [5.41, 5.74) is 1.06. The zero-order chi connectivity index (χ0) is 23.3.